The largest absolute Gasteiger partial charge is 0.341 e. The van der Waals surface area contributed by atoms with Gasteiger partial charge in [0.05, 0.1) is 5.92 Å². The van der Waals surface area contributed by atoms with E-state index < -0.39 is 22.0 Å². The van der Waals surface area contributed by atoms with Gasteiger partial charge in [0, 0.05) is 32.7 Å². The van der Waals surface area contributed by atoms with E-state index in [1.54, 1.807) is 27.3 Å². The summed E-state index contributed by atoms with van der Waals surface area (Å²) in [5.41, 5.74) is 1.73. The van der Waals surface area contributed by atoms with E-state index in [1.807, 2.05) is 60.7 Å². The van der Waals surface area contributed by atoms with Gasteiger partial charge in [-0.2, -0.15) is 4.31 Å². The van der Waals surface area contributed by atoms with Crippen molar-refractivity contribution in [2.75, 3.05) is 32.7 Å². The Bertz CT molecular complexity index is 1270. The predicted octanol–water partition coefficient (Wildman–Crippen LogP) is 3.79. The second-order valence-corrected chi connectivity index (χ2v) is 12.6. The lowest BCUT2D eigenvalue weighted by molar-refractivity contribution is -0.142. The molecule has 2 aliphatic rings. The van der Waals surface area contributed by atoms with Gasteiger partial charge in [0.2, 0.25) is 11.8 Å². The molecule has 5 rings (SSSR count). The predicted molar refractivity (Wildman–Crippen MR) is 144 cm³/mol. The number of nitrogens with zero attached hydrogens (tertiary/aromatic N) is 3. The van der Waals surface area contributed by atoms with Crippen molar-refractivity contribution in [2.45, 2.75) is 35.4 Å². The van der Waals surface area contributed by atoms with Crippen LogP contribution >= 0.6 is 11.3 Å². The van der Waals surface area contributed by atoms with Crippen molar-refractivity contribution in [3.05, 3.63) is 89.3 Å². The summed E-state index contributed by atoms with van der Waals surface area (Å²) in [5.74, 6) is -0.871. The molecule has 1 unspecified atom stereocenters. The van der Waals surface area contributed by atoms with Crippen LogP contribution in [0.5, 0.6) is 0 Å². The molecule has 2 fully saturated rings. The number of thiophene rings is 1. The Balaban J connectivity index is 1.47. The Morgan fingerprint density at radius 2 is 1.38 bits per heavy atom. The highest BCUT2D eigenvalue weighted by Gasteiger charge is 2.44. The number of piperazine rings is 1. The molecule has 0 N–H and O–H groups in total. The summed E-state index contributed by atoms with van der Waals surface area (Å²) < 4.78 is 28.7. The van der Waals surface area contributed by atoms with Gasteiger partial charge >= 0.3 is 0 Å². The highest BCUT2D eigenvalue weighted by Crippen LogP contribution is 2.31. The number of likely N-dealkylation sites (tertiary alicyclic amines) is 1. The zero-order valence-corrected chi connectivity index (χ0v) is 22.2. The Morgan fingerprint density at radius 3 is 1.95 bits per heavy atom. The van der Waals surface area contributed by atoms with Crippen molar-refractivity contribution in [1.82, 2.24) is 14.1 Å². The number of amides is 2. The minimum Gasteiger partial charge on any atom is -0.341 e. The van der Waals surface area contributed by atoms with Gasteiger partial charge in [-0.05, 0) is 41.8 Å². The standard InChI is InChI=1S/C28H31N3O4S2/c32-27(29-16-8-3-9-17-29)24-21-30(18-19-31(24)37(34,35)25-15-10-20-36-25)28(33)26(22-11-4-1-5-12-22)23-13-6-2-7-14-23/h1-2,4-7,10-15,20,24,26H,3,8-9,16-19,21H2. The molecule has 0 bridgehead atoms. The fourth-order valence-electron chi connectivity index (χ4n) is 5.26. The summed E-state index contributed by atoms with van der Waals surface area (Å²) in [6.45, 7) is 1.57. The molecule has 2 saturated heterocycles. The van der Waals surface area contributed by atoms with Crippen LogP contribution in [0.2, 0.25) is 0 Å². The van der Waals surface area contributed by atoms with Crippen LogP contribution in [-0.2, 0) is 19.6 Å². The summed E-state index contributed by atoms with van der Waals surface area (Å²) in [4.78, 5) is 31.3. The van der Waals surface area contributed by atoms with Gasteiger partial charge in [0.25, 0.3) is 10.0 Å². The first-order valence-corrected chi connectivity index (χ1v) is 15.0. The lowest BCUT2D eigenvalue weighted by Crippen LogP contribution is -2.62. The molecule has 0 saturated carbocycles. The van der Waals surface area contributed by atoms with E-state index in [2.05, 4.69) is 0 Å². The van der Waals surface area contributed by atoms with Crippen LogP contribution in [-0.4, -0.2) is 73.1 Å². The second kappa shape index (κ2) is 11.2. The maximum Gasteiger partial charge on any atom is 0.253 e. The molecular weight excluding hydrogens is 506 g/mol. The molecule has 3 heterocycles. The molecule has 2 aromatic carbocycles. The van der Waals surface area contributed by atoms with Crippen LogP contribution in [0, 0.1) is 0 Å². The van der Waals surface area contributed by atoms with Crippen LogP contribution in [0.4, 0.5) is 0 Å². The molecule has 0 spiro atoms. The van der Waals surface area contributed by atoms with Gasteiger partial charge in [-0.15, -0.1) is 11.3 Å². The first-order valence-electron chi connectivity index (χ1n) is 12.7. The Morgan fingerprint density at radius 1 is 0.757 bits per heavy atom. The molecule has 1 atom stereocenters. The monoisotopic (exact) mass is 537 g/mol. The molecule has 2 amide bonds. The van der Waals surface area contributed by atoms with Gasteiger partial charge in [-0.1, -0.05) is 66.7 Å². The average Bonchev–Trinajstić information content (AvgIpc) is 3.50. The van der Waals surface area contributed by atoms with Crippen LogP contribution in [0.1, 0.15) is 36.3 Å². The van der Waals surface area contributed by atoms with Crippen molar-refractivity contribution in [2.24, 2.45) is 0 Å². The van der Waals surface area contributed by atoms with Crippen molar-refractivity contribution in [3.63, 3.8) is 0 Å². The van der Waals surface area contributed by atoms with E-state index in [0.717, 1.165) is 41.7 Å². The van der Waals surface area contributed by atoms with E-state index in [0.29, 0.717) is 13.1 Å². The second-order valence-electron chi connectivity index (χ2n) is 9.49. The van der Waals surface area contributed by atoms with Gasteiger partial charge in [-0.3, -0.25) is 9.59 Å². The van der Waals surface area contributed by atoms with Gasteiger partial charge < -0.3 is 9.80 Å². The number of benzene rings is 2. The number of hydrogen-bond donors (Lipinski definition) is 0. The van der Waals surface area contributed by atoms with Crippen LogP contribution in [0.3, 0.4) is 0 Å². The third kappa shape index (κ3) is 5.35. The average molecular weight is 538 g/mol. The fraction of sp³-hybridized carbons (Fsp3) is 0.357. The van der Waals surface area contributed by atoms with Crippen molar-refractivity contribution in [1.29, 1.82) is 0 Å². The highest BCUT2D eigenvalue weighted by molar-refractivity contribution is 7.91. The molecule has 0 aliphatic carbocycles. The van der Waals surface area contributed by atoms with Crippen LogP contribution < -0.4 is 0 Å². The summed E-state index contributed by atoms with van der Waals surface area (Å²) in [6.07, 6.45) is 2.87. The number of carbonyl (C=O) groups excluding carboxylic acids is 2. The smallest absolute Gasteiger partial charge is 0.253 e. The van der Waals surface area contributed by atoms with E-state index in [1.165, 1.54) is 4.31 Å². The summed E-state index contributed by atoms with van der Waals surface area (Å²) >= 11 is 1.14. The number of rotatable bonds is 6. The number of sulfonamides is 1. The summed E-state index contributed by atoms with van der Waals surface area (Å²) in [6, 6.07) is 21.5. The molecule has 3 aromatic rings. The summed E-state index contributed by atoms with van der Waals surface area (Å²) in [7, 11) is -3.86. The number of hydrogen-bond acceptors (Lipinski definition) is 5. The molecule has 0 radical (unpaired) electrons. The summed E-state index contributed by atoms with van der Waals surface area (Å²) in [5, 5.41) is 1.72. The van der Waals surface area contributed by atoms with E-state index in [9.17, 15) is 18.0 Å². The first-order chi connectivity index (χ1) is 18.0. The molecule has 1 aromatic heterocycles. The zero-order valence-electron chi connectivity index (χ0n) is 20.6. The molecule has 194 valence electrons. The molecule has 2 aliphatic heterocycles. The van der Waals surface area contributed by atoms with Gasteiger partial charge in [-0.25, -0.2) is 8.42 Å². The van der Waals surface area contributed by atoms with Gasteiger partial charge in [0.15, 0.2) is 0 Å². The number of piperidine rings is 1. The third-order valence-corrected chi connectivity index (χ3v) is 10.4. The Labute approximate surface area is 222 Å². The van der Waals surface area contributed by atoms with E-state index in [4.69, 9.17) is 0 Å². The first kappa shape index (κ1) is 25.6. The highest BCUT2D eigenvalue weighted by atomic mass is 32.2. The topological polar surface area (TPSA) is 78.0 Å². The molecular formula is C28H31N3O4S2. The maximum atomic E-state index is 14.1. The zero-order chi connectivity index (χ0) is 25.8. The van der Waals surface area contributed by atoms with E-state index in [-0.39, 0.29) is 35.7 Å². The van der Waals surface area contributed by atoms with Crippen LogP contribution in [0.15, 0.2) is 82.4 Å². The minimum atomic E-state index is -3.86. The van der Waals surface area contributed by atoms with E-state index >= 15 is 0 Å². The number of carbonyl (C=O) groups is 2. The molecule has 37 heavy (non-hydrogen) atoms. The quantitative estimate of drug-likeness (QED) is 0.479. The SMILES string of the molecule is O=C(C(c1ccccc1)c1ccccc1)N1CCN(S(=O)(=O)c2cccs2)C(C(=O)N2CCCCC2)C1. The van der Waals surface area contributed by atoms with Crippen molar-refractivity contribution >= 4 is 33.2 Å². The molecule has 7 nitrogen and oxygen atoms in total. The lowest BCUT2D eigenvalue weighted by Gasteiger charge is -2.42. The van der Waals surface area contributed by atoms with Crippen molar-refractivity contribution < 1.29 is 18.0 Å². The third-order valence-electron chi connectivity index (χ3n) is 7.17. The molecule has 9 heteroatoms. The van der Waals surface area contributed by atoms with Crippen LogP contribution in [0.25, 0.3) is 0 Å². The van der Waals surface area contributed by atoms with Gasteiger partial charge in [0.1, 0.15) is 10.3 Å². The fourth-order valence-corrected chi connectivity index (χ4v) is 7.94. The normalized spacial score (nSPS) is 19.2. The Hall–Kier alpha value is -3.01. The lowest BCUT2D eigenvalue weighted by atomic mass is 9.89. The Kier molecular flexibility index (Phi) is 7.73. The van der Waals surface area contributed by atoms with Crippen molar-refractivity contribution in [3.8, 4) is 0 Å². The minimum absolute atomic E-state index is 0.0366. The maximum absolute atomic E-state index is 14.1.